The largest absolute Gasteiger partial charge is 0.305 e. The number of anilines is 1. The van der Waals surface area contributed by atoms with E-state index in [4.69, 9.17) is 11.6 Å². The second kappa shape index (κ2) is 5.18. The highest BCUT2D eigenvalue weighted by Gasteiger charge is 2.15. The van der Waals surface area contributed by atoms with Crippen LogP contribution in [0.2, 0.25) is 5.02 Å². The summed E-state index contributed by atoms with van der Waals surface area (Å²) in [6.07, 6.45) is 0.772. The molecule has 0 fully saturated rings. The van der Waals surface area contributed by atoms with Gasteiger partial charge in [0.25, 0.3) is 5.91 Å². The minimum absolute atomic E-state index is 0.0843. The Labute approximate surface area is 108 Å². The number of amides is 1. The Morgan fingerprint density at radius 3 is 3.00 bits per heavy atom. The van der Waals surface area contributed by atoms with Crippen molar-refractivity contribution in [1.82, 2.24) is 10.2 Å². The highest BCUT2D eigenvalue weighted by Crippen LogP contribution is 2.18. The molecule has 2 aromatic rings. The second-order valence-electron chi connectivity index (χ2n) is 3.69. The number of rotatable bonds is 3. The lowest BCUT2D eigenvalue weighted by atomic mass is 10.2. The van der Waals surface area contributed by atoms with Crippen molar-refractivity contribution >= 4 is 23.3 Å². The zero-order chi connectivity index (χ0) is 13.1. The van der Waals surface area contributed by atoms with Gasteiger partial charge in [-0.2, -0.15) is 5.10 Å². The maximum Gasteiger partial charge on any atom is 0.259 e. The first-order valence-electron chi connectivity index (χ1n) is 5.41. The summed E-state index contributed by atoms with van der Waals surface area (Å²) in [6.45, 7) is 1.95. The van der Waals surface area contributed by atoms with Gasteiger partial charge in [-0.05, 0) is 18.6 Å². The van der Waals surface area contributed by atoms with Crippen molar-refractivity contribution in [3.63, 3.8) is 0 Å². The average molecular weight is 268 g/mol. The summed E-state index contributed by atoms with van der Waals surface area (Å²) in [5, 5.41) is 9.06. The summed E-state index contributed by atoms with van der Waals surface area (Å²) in [4.78, 5) is 11.8. The molecule has 0 aliphatic heterocycles. The molecule has 2 N–H and O–H groups in total. The molecule has 0 unspecified atom stereocenters. The fraction of sp³-hybridized carbons (Fsp3) is 0.167. The van der Waals surface area contributed by atoms with Crippen molar-refractivity contribution in [3.05, 3.63) is 46.4 Å². The van der Waals surface area contributed by atoms with E-state index in [1.807, 2.05) is 6.92 Å². The van der Waals surface area contributed by atoms with E-state index in [0.717, 1.165) is 12.1 Å². The van der Waals surface area contributed by atoms with Gasteiger partial charge in [-0.3, -0.25) is 9.89 Å². The molecule has 1 heterocycles. The number of halogens is 2. The molecule has 18 heavy (non-hydrogen) atoms. The van der Waals surface area contributed by atoms with Crippen LogP contribution in [-0.2, 0) is 6.42 Å². The molecule has 0 spiro atoms. The van der Waals surface area contributed by atoms with Crippen LogP contribution in [-0.4, -0.2) is 16.1 Å². The van der Waals surface area contributed by atoms with Crippen molar-refractivity contribution < 1.29 is 9.18 Å². The van der Waals surface area contributed by atoms with Crippen LogP contribution in [0, 0.1) is 5.82 Å². The Bertz CT molecular complexity index is 582. The van der Waals surface area contributed by atoms with Crippen LogP contribution in [0.4, 0.5) is 10.2 Å². The van der Waals surface area contributed by atoms with Gasteiger partial charge in [-0.15, -0.1) is 0 Å². The van der Waals surface area contributed by atoms with Gasteiger partial charge in [0.2, 0.25) is 0 Å². The number of carbonyl (C=O) groups is 1. The molecule has 0 saturated heterocycles. The van der Waals surface area contributed by atoms with Crippen molar-refractivity contribution in [2.24, 2.45) is 0 Å². The Morgan fingerprint density at radius 2 is 2.33 bits per heavy atom. The van der Waals surface area contributed by atoms with Gasteiger partial charge in [0.05, 0.1) is 10.6 Å². The molecular weight excluding hydrogens is 257 g/mol. The van der Waals surface area contributed by atoms with Crippen LogP contribution in [0.15, 0.2) is 24.3 Å². The number of aromatic nitrogens is 2. The minimum Gasteiger partial charge on any atom is -0.305 e. The predicted octanol–water partition coefficient (Wildman–Crippen LogP) is 3.02. The molecule has 0 bridgehead atoms. The first-order chi connectivity index (χ1) is 8.61. The Hall–Kier alpha value is -1.88. The normalized spacial score (nSPS) is 10.4. The van der Waals surface area contributed by atoms with E-state index < -0.39 is 11.7 Å². The number of aromatic amines is 1. The molecule has 0 atom stereocenters. The number of benzene rings is 1. The summed E-state index contributed by atoms with van der Waals surface area (Å²) in [5.74, 6) is -0.955. The molecular formula is C12H11ClFN3O. The lowest BCUT2D eigenvalue weighted by Crippen LogP contribution is -2.14. The number of H-pyrrole nitrogens is 1. The van der Waals surface area contributed by atoms with Crippen molar-refractivity contribution in [3.8, 4) is 0 Å². The quantitative estimate of drug-likeness (QED) is 0.898. The molecule has 1 aromatic carbocycles. The third kappa shape index (κ3) is 2.51. The molecule has 6 heteroatoms. The Morgan fingerprint density at radius 1 is 1.56 bits per heavy atom. The van der Waals surface area contributed by atoms with Gasteiger partial charge < -0.3 is 5.32 Å². The van der Waals surface area contributed by atoms with Crippen LogP contribution in [0.3, 0.4) is 0 Å². The maximum absolute atomic E-state index is 13.6. The van der Waals surface area contributed by atoms with Crippen LogP contribution < -0.4 is 5.32 Å². The summed E-state index contributed by atoms with van der Waals surface area (Å²) < 4.78 is 13.6. The first kappa shape index (κ1) is 12.6. The van der Waals surface area contributed by atoms with Gasteiger partial charge in [0.15, 0.2) is 11.6 Å². The van der Waals surface area contributed by atoms with E-state index in [1.165, 1.54) is 18.2 Å². The highest BCUT2D eigenvalue weighted by molar-refractivity contribution is 6.31. The molecule has 0 radical (unpaired) electrons. The molecule has 0 saturated carbocycles. The Kier molecular flexibility index (Phi) is 3.62. The lowest BCUT2D eigenvalue weighted by Gasteiger charge is -2.03. The van der Waals surface area contributed by atoms with E-state index in [-0.39, 0.29) is 10.6 Å². The van der Waals surface area contributed by atoms with Crippen LogP contribution in [0.25, 0.3) is 0 Å². The standard InChI is InChI=1S/C12H11ClFN3O/c1-2-7-6-10(17-16-7)15-12(18)8-4-3-5-9(13)11(8)14/h3-6H,2H2,1H3,(H2,15,16,17,18). The summed E-state index contributed by atoms with van der Waals surface area (Å²) in [7, 11) is 0. The third-order valence-corrected chi connectivity index (χ3v) is 2.74. The van der Waals surface area contributed by atoms with Gasteiger partial charge >= 0.3 is 0 Å². The zero-order valence-electron chi connectivity index (χ0n) is 9.63. The van der Waals surface area contributed by atoms with E-state index in [0.29, 0.717) is 5.82 Å². The number of nitrogens with zero attached hydrogens (tertiary/aromatic N) is 1. The second-order valence-corrected chi connectivity index (χ2v) is 4.09. The molecule has 4 nitrogen and oxygen atoms in total. The van der Waals surface area contributed by atoms with Crippen molar-refractivity contribution in [2.75, 3.05) is 5.32 Å². The Balaban J connectivity index is 2.19. The van der Waals surface area contributed by atoms with E-state index in [1.54, 1.807) is 6.07 Å². The molecule has 1 aromatic heterocycles. The van der Waals surface area contributed by atoms with Crippen LogP contribution in [0.1, 0.15) is 23.0 Å². The SMILES string of the molecule is CCc1cc(NC(=O)c2cccc(Cl)c2F)n[nH]1. The number of nitrogens with one attached hydrogen (secondary N) is 2. The van der Waals surface area contributed by atoms with Crippen molar-refractivity contribution in [1.29, 1.82) is 0 Å². The fourth-order valence-corrected chi connectivity index (χ4v) is 1.64. The number of hydrogen-bond acceptors (Lipinski definition) is 2. The molecule has 2 rings (SSSR count). The van der Waals surface area contributed by atoms with Crippen LogP contribution in [0.5, 0.6) is 0 Å². The number of hydrogen-bond donors (Lipinski definition) is 2. The van der Waals surface area contributed by atoms with Gasteiger partial charge in [-0.1, -0.05) is 24.6 Å². The van der Waals surface area contributed by atoms with E-state index in [2.05, 4.69) is 15.5 Å². The number of aryl methyl sites for hydroxylation is 1. The highest BCUT2D eigenvalue weighted by atomic mass is 35.5. The van der Waals surface area contributed by atoms with E-state index in [9.17, 15) is 9.18 Å². The zero-order valence-corrected chi connectivity index (χ0v) is 10.4. The van der Waals surface area contributed by atoms with Gasteiger partial charge in [0, 0.05) is 11.8 Å². The summed E-state index contributed by atoms with van der Waals surface area (Å²) in [6, 6.07) is 5.96. The summed E-state index contributed by atoms with van der Waals surface area (Å²) in [5.41, 5.74) is 0.778. The molecule has 0 aliphatic carbocycles. The topological polar surface area (TPSA) is 57.8 Å². The minimum atomic E-state index is -0.733. The molecule has 1 amide bonds. The number of carbonyl (C=O) groups excluding carboxylic acids is 1. The smallest absolute Gasteiger partial charge is 0.259 e. The first-order valence-corrected chi connectivity index (χ1v) is 5.79. The fourth-order valence-electron chi connectivity index (χ4n) is 1.47. The lowest BCUT2D eigenvalue weighted by molar-refractivity contribution is 0.102. The monoisotopic (exact) mass is 267 g/mol. The van der Waals surface area contributed by atoms with Gasteiger partial charge in [-0.25, -0.2) is 4.39 Å². The molecule has 0 aliphatic rings. The van der Waals surface area contributed by atoms with Crippen LogP contribution >= 0.6 is 11.6 Å². The van der Waals surface area contributed by atoms with E-state index >= 15 is 0 Å². The third-order valence-electron chi connectivity index (χ3n) is 2.45. The average Bonchev–Trinajstić information content (AvgIpc) is 2.80. The predicted molar refractivity (Wildman–Crippen MR) is 67.3 cm³/mol. The maximum atomic E-state index is 13.6. The molecule has 94 valence electrons. The van der Waals surface area contributed by atoms with Crippen molar-refractivity contribution in [2.45, 2.75) is 13.3 Å². The summed E-state index contributed by atoms with van der Waals surface area (Å²) >= 11 is 5.61. The van der Waals surface area contributed by atoms with Gasteiger partial charge in [0.1, 0.15) is 0 Å².